The van der Waals surface area contributed by atoms with Crippen molar-refractivity contribution in [3.8, 4) is 11.5 Å². The molecule has 2 nitrogen and oxygen atoms in total. The van der Waals surface area contributed by atoms with Crippen LogP contribution in [0.25, 0.3) is 0 Å². The third-order valence-corrected chi connectivity index (χ3v) is 4.58. The van der Waals surface area contributed by atoms with E-state index in [0.717, 1.165) is 20.7 Å². The highest BCUT2D eigenvalue weighted by Crippen LogP contribution is 2.36. The number of thiocarbonyl (C=S) groups is 1. The molecule has 2 N–H and O–H groups in total. The maximum Gasteiger partial charge on any atom is 0.146 e. The zero-order valence-corrected chi connectivity index (χ0v) is 15.2. The fraction of sp³-hybridized carbons (Fsp3) is 0.133. The highest BCUT2D eigenvalue weighted by molar-refractivity contribution is 9.10. The summed E-state index contributed by atoms with van der Waals surface area (Å²) >= 11 is 16.4. The van der Waals surface area contributed by atoms with Crippen LogP contribution in [-0.4, -0.2) is 10.7 Å². The lowest BCUT2D eigenvalue weighted by Crippen LogP contribution is -2.12. The van der Waals surface area contributed by atoms with E-state index in [0.29, 0.717) is 21.5 Å². The van der Waals surface area contributed by atoms with Gasteiger partial charge in [0.2, 0.25) is 0 Å². The van der Waals surface area contributed by atoms with Gasteiger partial charge in [-0.1, -0.05) is 52.7 Å². The third kappa shape index (κ3) is 4.13. The lowest BCUT2D eigenvalue weighted by Gasteiger charge is -2.14. The molecule has 2 rings (SSSR count). The van der Waals surface area contributed by atoms with Gasteiger partial charge in [0.1, 0.15) is 16.5 Å². The molecule has 0 amide bonds. The van der Waals surface area contributed by atoms with Gasteiger partial charge in [0.25, 0.3) is 0 Å². The number of nitrogens with two attached hydrogens (primary N) is 1. The van der Waals surface area contributed by atoms with Crippen molar-refractivity contribution < 1.29 is 4.74 Å². The van der Waals surface area contributed by atoms with Crippen LogP contribution in [-0.2, 0) is 0 Å². The van der Waals surface area contributed by atoms with Crippen molar-refractivity contribution in [1.82, 2.24) is 0 Å². The molecular formula is C15H13BrClNOS2. The molecule has 0 bridgehead atoms. The van der Waals surface area contributed by atoms with Gasteiger partial charge < -0.3 is 10.5 Å². The van der Waals surface area contributed by atoms with Gasteiger partial charge in [-0.15, -0.1) is 11.8 Å². The second-order valence-corrected chi connectivity index (χ2v) is 7.17. The molecule has 110 valence electrons. The maximum absolute atomic E-state index is 6.19. The molecule has 0 aliphatic carbocycles. The van der Waals surface area contributed by atoms with Crippen LogP contribution >= 0.6 is 51.5 Å². The first-order valence-electron chi connectivity index (χ1n) is 6.21. The first kappa shape index (κ1) is 16.6. The van der Waals surface area contributed by atoms with E-state index >= 15 is 0 Å². The Morgan fingerprint density at radius 1 is 1.33 bits per heavy atom. The van der Waals surface area contributed by atoms with E-state index in [1.807, 2.05) is 24.3 Å². The number of hydrogen-bond donors (Lipinski definition) is 1. The van der Waals surface area contributed by atoms with Crippen molar-refractivity contribution in [3.05, 3.63) is 51.5 Å². The molecule has 0 saturated heterocycles. The molecule has 0 aliphatic rings. The molecule has 0 heterocycles. The van der Waals surface area contributed by atoms with E-state index < -0.39 is 0 Å². The Bertz CT molecular complexity index is 679. The Balaban J connectivity index is 2.43. The van der Waals surface area contributed by atoms with Crippen LogP contribution in [0, 0.1) is 0 Å². The van der Waals surface area contributed by atoms with Crippen molar-refractivity contribution >= 4 is 56.5 Å². The molecular weight excluding hydrogens is 390 g/mol. The summed E-state index contributed by atoms with van der Waals surface area (Å²) < 4.78 is 6.80. The summed E-state index contributed by atoms with van der Waals surface area (Å²) in [7, 11) is 0. The topological polar surface area (TPSA) is 35.2 Å². The van der Waals surface area contributed by atoms with Crippen LogP contribution in [0.15, 0.2) is 45.8 Å². The van der Waals surface area contributed by atoms with Crippen molar-refractivity contribution in [1.29, 1.82) is 0 Å². The SMILES string of the molecule is CCSc1cccc(Oc2ccc(Br)cc2Cl)c1C(N)=S. The third-order valence-electron chi connectivity index (χ3n) is 2.65. The van der Waals surface area contributed by atoms with Gasteiger partial charge in [-0.2, -0.15) is 0 Å². The van der Waals surface area contributed by atoms with Crippen LogP contribution in [0.2, 0.25) is 5.02 Å². The molecule has 0 saturated carbocycles. The van der Waals surface area contributed by atoms with E-state index in [1.54, 1.807) is 23.9 Å². The predicted molar refractivity (Wildman–Crippen MR) is 98.0 cm³/mol. The van der Waals surface area contributed by atoms with E-state index in [-0.39, 0.29) is 0 Å². The fourth-order valence-electron chi connectivity index (χ4n) is 1.79. The standard InChI is InChI=1S/C15H13BrClNOS2/c1-2-21-13-5-3-4-12(14(13)15(18)20)19-11-7-6-9(16)8-10(11)17/h3-8H,2H2,1H3,(H2,18,20). The molecule has 0 aromatic heterocycles. The van der Waals surface area contributed by atoms with Gasteiger partial charge in [0.05, 0.1) is 10.6 Å². The van der Waals surface area contributed by atoms with Gasteiger partial charge in [-0.25, -0.2) is 0 Å². The fourth-order valence-corrected chi connectivity index (χ4v) is 3.62. The second-order valence-electron chi connectivity index (χ2n) is 4.10. The minimum atomic E-state index is 0.315. The van der Waals surface area contributed by atoms with Gasteiger partial charge in [-0.05, 0) is 36.1 Å². The molecule has 21 heavy (non-hydrogen) atoms. The summed E-state index contributed by atoms with van der Waals surface area (Å²) in [5, 5.41) is 0.520. The summed E-state index contributed by atoms with van der Waals surface area (Å²) in [5.74, 6) is 2.11. The lowest BCUT2D eigenvalue weighted by molar-refractivity contribution is 0.480. The van der Waals surface area contributed by atoms with Crippen LogP contribution < -0.4 is 10.5 Å². The minimum absolute atomic E-state index is 0.315. The summed E-state index contributed by atoms with van der Waals surface area (Å²) in [4.78, 5) is 1.32. The van der Waals surface area contributed by atoms with Crippen LogP contribution in [0.3, 0.4) is 0 Å². The van der Waals surface area contributed by atoms with Crippen molar-refractivity contribution in [3.63, 3.8) is 0 Å². The van der Waals surface area contributed by atoms with Gasteiger partial charge >= 0.3 is 0 Å². The average Bonchev–Trinajstić information content (AvgIpc) is 2.42. The van der Waals surface area contributed by atoms with E-state index in [4.69, 9.17) is 34.3 Å². The predicted octanol–water partition coefficient (Wildman–Crippen LogP) is 5.64. The first-order valence-corrected chi connectivity index (χ1v) is 8.78. The summed E-state index contributed by atoms with van der Waals surface area (Å²) in [6.07, 6.45) is 0. The zero-order chi connectivity index (χ0) is 15.4. The zero-order valence-electron chi connectivity index (χ0n) is 11.2. The Labute approximate surface area is 147 Å². The number of hydrogen-bond acceptors (Lipinski definition) is 3. The van der Waals surface area contributed by atoms with E-state index in [9.17, 15) is 0 Å². The largest absolute Gasteiger partial charge is 0.455 e. The Morgan fingerprint density at radius 2 is 2.10 bits per heavy atom. The summed E-state index contributed by atoms with van der Waals surface area (Å²) in [6.45, 7) is 2.08. The molecule has 2 aromatic carbocycles. The average molecular weight is 403 g/mol. The van der Waals surface area contributed by atoms with Crippen LogP contribution in [0.5, 0.6) is 11.5 Å². The Hall–Kier alpha value is -0.750. The smallest absolute Gasteiger partial charge is 0.146 e. The van der Waals surface area contributed by atoms with Crippen molar-refractivity contribution in [2.75, 3.05) is 5.75 Å². The van der Waals surface area contributed by atoms with Crippen molar-refractivity contribution in [2.24, 2.45) is 5.73 Å². The summed E-state index contributed by atoms with van der Waals surface area (Å²) in [5.41, 5.74) is 6.61. The molecule has 0 fully saturated rings. The number of thioether (sulfide) groups is 1. The van der Waals surface area contributed by atoms with Gasteiger partial charge in [0.15, 0.2) is 0 Å². The monoisotopic (exact) mass is 401 g/mol. The summed E-state index contributed by atoms with van der Waals surface area (Å²) in [6, 6.07) is 11.2. The van der Waals surface area contributed by atoms with E-state index in [2.05, 4.69) is 22.9 Å². The number of benzene rings is 2. The van der Waals surface area contributed by atoms with Crippen LogP contribution in [0.4, 0.5) is 0 Å². The number of halogens is 2. The molecule has 0 atom stereocenters. The number of ether oxygens (including phenoxy) is 1. The Morgan fingerprint density at radius 3 is 2.71 bits per heavy atom. The minimum Gasteiger partial charge on any atom is -0.455 e. The molecule has 0 unspecified atom stereocenters. The van der Waals surface area contributed by atoms with Gasteiger partial charge in [-0.3, -0.25) is 0 Å². The molecule has 0 aliphatic heterocycles. The van der Waals surface area contributed by atoms with Gasteiger partial charge in [0, 0.05) is 9.37 Å². The molecule has 6 heteroatoms. The molecule has 0 spiro atoms. The molecule has 0 radical (unpaired) electrons. The second kappa shape index (κ2) is 7.49. The highest BCUT2D eigenvalue weighted by atomic mass is 79.9. The first-order chi connectivity index (χ1) is 10.0. The highest BCUT2D eigenvalue weighted by Gasteiger charge is 2.14. The normalized spacial score (nSPS) is 10.4. The van der Waals surface area contributed by atoms with Crippen molar-refractivity contribution in [2.45, 2.75) is 11.8 Å². The number of rotatable bonds is 5. The maximum atomic E-state index is 6.19. The lowest BCUT2D eigenvalue weighted by atomic mass is 10.2. The molecule has 2 aromatic rings. The Kier molecular flexibility index (Phi) is 5.93. The van der Waals surface area contributed by atoms with E-state index in [1.165, 1.54) is 0 Å². The quantitative estimate of drug-likeness (QED) is 0.518. The van der Waals surface area contributed by atoms with Crippen LogP contribution in [0.1, 0.15) is 12.5 Å².